The number of aromatic nitrogens is 3. The van der Waals surface area contributed by atoms with E-state index >= 15 is 0 Å². The van der Waals surface area contributed by atoms with Crippen LogP contribution in [0.1, 0.15) is 24.0 Å². The Morgan fingerprint density at radius 3 is 2.62 bits per heavy atom. The van der Waals surface area contributed by atoms with Gasteiger partial charge in [-0.05, 0) is 18.4 Å². The van der Waals surface area contributed by atoms with Gasteiger partial charge in [-0.25, -0.2) is 4.79 Å². The fraction of sp³-hybridized carbons (Fsp3) is 0.350. The summed E-state index contributed by atoms with van der Waals surface area (Å²) in [5, 5.41) is 9.95. The summed E-state index contributed by atoms with van der Waals surface area (Å²) in [7, 11) is 1.57. The third-order valence-corrected chi connectivity index (χ3v) is 5.34. The minimum absolute atomic E-state index is 0. The summed E-state index contributed by atoms with van der Waals surface area (Å²) in [6, 6.07) is 12.0. The van der Waals surface area contributed by atoms with E-state index in [9.17, 15) is 14.9 Å². The second-order valence-electron chi connectivity index (χ2n) is 7.25. The number of hydrogen-bond donors (Lipinski definition) is 2. The van der Waals surface area contributed by atoms with Gasteiger partial charge in [-0.1, -0.05) is 30.3 Å². The highest BCUT2D eigenvalue weighted by molar-refractivity contribution is 5.90. The number of rotatable bonds is 3. The number of fused-ring (bicyclic) bond motifs is 1. The van der Waals surface area contributed by atoms with Crippen molar-refractivity contribution in [2.75, 3.05) is 18.0 Å². The van der Waals surface area contributed by atoms with E-state index in [1.807, 2.05) is 34.9 Å². The smallest absolute Gasteiger partial charge is 0.328 e. The highest BCUT2D eigenvalue weighted by atomic mass is 35.5. The van der Waals surface area contributed by atoms with Gasteiger partial charge in [-0.2, -0.15) is 5.26 Å². The Bertz CT molecular complexity index is 1190. The Hall–Kier alpha value is -3.02. The van der Waals surface area contributed by atoms with Gasteiger partial charge >= 0.3 is 5.69 Å². The van der Waals surface area contributed by atoms with Crippen molar-refractivity contribution < 1.29 is 0 Å². The van der Waals surface area contributed by atoms with Crippen molar-refractivity contribution in [3.63, 3.8) is 0 Å². The first-order valence-corrected chi connectivity index (χ1v) is 9.31. The predicted molar refractivity (Wildman–Crippen MR) is 115 cm³/mol. The number of benzene rings is 1. The van der Waals surface area contributed by atoms with Crippen LogP contribution in [0, 0.1) is 11.3 Å². The Kier molecular flexibility index (Phi) is 5.82. The van der Waals surface area contributed by atoms with E-state index in [4.69, 9.17) is 5.73 Å². The molecule has 1 aromatic carbocycles. The van der Waals surface area contributed by atoms with E-state index in [2.05, 4.69) is 16.0 Å². The number of aryl methyl sites for hydroxylation is 1. The number of anilines is 1. The third-order valence-electron chi connectivity index (χ3n) is 5.34. The molecular weight excluding hydrogens is 392 g/mol. The molecule has 29 heavy (non-hydrogen) atoms. The summed E-state index contributed by atoms with van der Waals surface area (Å²) >= 11 is 0. The molecule has 1 aliphatic rings. The molecule has 3 heterocycles. The lowest BCUT2D eigenvalue weighted by molar-refractivity contribution is 0.498. The summed E-state index contributed by atoms with van der Waals surface area (Å²) < 4.78 is 3.18. The van der Waals surface area contributed by atoms with Crippen molar-refractivity contribution in [3.8, 4) is 6.07 Å². The van der Waals surface area contributed by atoms with Crippen LogP contribution in [0.5, 0.6) is 0 Å². The van der Waals surface area contributed by atoms with Gasteiger partial charge in [-0.3, -0.25) is 14.3 Å². The maximum absolute atomic E-state index is 12.7. The summed E-state index contributed by atoms with van der Waals surface area (Å²) in [6.07, 6.45) is 1.84. The molecule has 0 bridgehead atoms. The van der Waals surface area contributed by atoms with Crippen LogP contribution in [0.2, 0.25) is 0 Å². The molecule has 0 radical (unpaired) electrons. The van der Waals surface area contributed by atoms with Crippen LogP contribution < -0.4 is 21.9 Å². The monoisotopic (exact) mass is 414 g/mol. The van der Waals surface area contributed by atoms with Crippen molar-refractivity contribution >= 4 is 29.3 Å². The quantitative estimate of drug-likeness (QED) is 0.670. The first kappa shape index (κ1) is 20.7. The Morgan fingerprint density at radius 1 is 1.24 bits per heavy atom. The number of aromatic amines is 1. The van der Waals surface area contributed by atoms with Gasteiger partial charge in [0.1, 0.15) is 23.0 Å². The molecule has 3 N–H and O–H groups in total. The van der Waals surface area contributed by atoms with Crippen molar-refractivity contribution in [1.82, 2.24) is 14.1 Å². The minimum Gasteiger partial charge on any atom is -0.355 e. The van der Waals surface area contributed by atoms with E-state index in [0.29, 0.717) is 35.5 Å². The number of nitrogens with zero attached hydrogens (tertiary/aromatic N) is 4. The van der Waals surface area contributed by atoms with Crippen LogP contribution in [0.25, 0.3) is 11.0 Å². The van der Waals surface area contributed by atoms with Crippen LogP contribution in [0.3, 0.4) is 0 Å². The van der Waals surface area contributed by atoms with Crippen LogP contribution in [0.4, 0.5) is 5.82 Å². The number of halogens is 1. The molecule has 0 unspecified atom stereocenters. The highest BCUT2D eigenvalue weighted by Crippen LogP contribution is 2.32. The molecule has 1 fully saturated rings. The molecule has 0 aliphatic carbocycles. The minimum atomic E-state index is -0.534. The maximum atomic E-state index is 12.7. The fourth-order valence-electron chi connectivity index (χ4n) is 4.05. The van der Waals surface area contributed by atoms with E-state index in [0.717, 1.165) is 24.9 Å². The second kappa shape index (κ2) is 8.15. The third kappa shape index (κ3) is 3.55. The number of nitrogens with one attached hydrogen (secondary N) is 1. The fourth-order valence-corrected chi connectivity index (χ4v) is 4.05. The molecule has 1 atom stereocenters. The first-order chi connectivity index (χ1) is 13.5. The lowest BCUT2D eigenvalue weighted by Crippen LogP contribution is -2.44. The summed E-state index contributed by atoms with van der Waals surface area (Å²) in [6.45, 7) is 1.77. The molecule has 4 rings (SSSR count). The molecule has 1 saturated heterocycles. The van der Waals surface area contributed by atoms with E-state index in [-0.39, 0.29) is 18.4 Å². The van der Waals surface area contributed by atoms with Gasteiger partial charge in [-0.15, -0.1) is 12.4 Å². The highest BCUT2D eigenvalue weighted by Gasteiger charge is 2.28. The van der Waals surface area contributed by atoms with Crippen molar-refractivity contribution in [2.24, 2.45) is 12.8 Å². The molecule has 0 amide bonds. The van der Waals surface area contributed by atoms with Gasteiger partial charge in [0.2, 0.25) is 0 Å². The van der Waals surface area contributed by atoms with Crippen LogP contribution in [-0.2, 0) is 13.6 Å². The van der Waals surface area contributed by atoms with Crippen molar-refractivity contribution in [3.05, 3.63) is 62.3 Å². The average Bonchev–Trinajstić information content (AvgIpc) is 3.01. The molecule has 0 saturated carbocycles. The number of nitrogens with two attached hydrogens (primary N) is 1. The number of piperidine rings is 1. The summed E-state index contributed by atoms with van der Waals surface area (Å²) in [5.41, 5.74) is 7.19. The summed E-state index contributed by atoms with van der Waals surface area (Å²) in [5.74, 6) is 0.656. The normalized spacial score (nSPS) is 16.4. The van der Waals surface area contributed by atoms with Crippen LogP contribution in [0.15, 0.2) is 39.9 Å². The molecule has 152 valence electrons. The second-order valence-corrected chi connectivity index (χ2v) is 7.25. The Labute approximate surface area is 173 Å². The zero-order valence-electron chi connectivity index (χ0n) is 16.1. The summed E-state index contributed by atoms with van der Waals surface area (Å²) in [4.78, 5) is 29.4. The standard InChI is InChI=1S/C20H22N6O2.ClH/c1-24-16-15(10-21)19(25-9-5-8-14(22)12-25)26(11-13-6-3-2-4-7-13)17(16)18(27)23-20(24)28;/h2-4,6-7,14H,5,8-9,11-12,22H2,1H3,(H,23,27,28);1H/t14-;/m0./s1. The first-order valence-electron chi connectivity index (χ1n) is 9.31. The lowest BCUT2D eigenvalue weighted by Gasteiger charge is -2.33. The van der Waals surface area contributed by atoms with Gasteiger partial charge in [0, 0.05) is 32.7 Å². The molecule has 2 aromatic heterocycles. The molecule has 3 aromatic rings. The maximum Gasteiger partial charge on any atom is 0.328 e. The Morgan fingerprint density at radius 2 is 1.97 bits per heavy atom. The van der Waals surface area contributed by atoms with Crippen molar-refractivity contribution in [2.45, 2.75) is 25.4 Å². The number of nitriles is 1. The lowest BCUT2D eigenvalue weighted by atomic mass is 10.1. The zero-order chi connectivity index (χ0) is 19.8. The van der Waals surface area contributed by atoms with Crippen molar-refractivity contribution in [1.29, 1.82) is 5.26 Å². The SMILES string of the molecule is Cl.Cn1c(=O)[nH]c(=O)c2c1c(C#N)c(N1CCC[C@H](N)C1)n2Cc1ccccc1. The molecule has 8 nitrogen and oxygen atoms in total. The van der Waals surface area contributed by atoms with Crippen LogP contribution in [-0.4, -0.2) is 33.2 Å². The number of hydrogen-bond acceptors (Lipinski definition) is 5. The van der Waals surface area contributed by atoms with E-state index in [1.54, 1.807) is 7.05 Å². The number of H-pyrrole nitrogens is 1. The van der Waals surface area contributed by atoms with Crippen LogP contribution >= 0.6 is 12.4 Å². The van der Waals surface area contributed by atoms with Gasteiger partial charge in [0.05, 0.1) is 5.52 Å². The molecule has 9 heteroatoms. The topological polar surface area (TPSA) is 113 Å². The van der Waals surface area contributed by atoms with Gasteiger partial charge in [0.25, 0.3) is 5.56 Å². The van der Waals surface area contributed by atoms with E-state index in [1.165, 1.54) is 4.57 Å². The average molecular weight is 415 g/mol. The van der Waals surface area contributed by atoms with Gasteiger partial charge < -0.3 is 15.2 Å². The molecule has 0 spiro atoms. The van der Waals surface area contributed by atoms with E-state index < -0.39 is 11.2 Å². The predicted octanol–water partition coefficient (Wildman–Crippen LogP) is 1.30. The Balaban J connectivity index is 0.00000240. The van der Waals surface area contributed by atoms with Gasteiger partial charge in [0.15, 0.2) is 0 Å². The zero-order valence-corrected chi connectivity index (χ0v) is 16.9. The largest absolute Gasteiger partial charge is 0.355 e. The molecular formula is C20H23ClN6O2. The molecule has 1 aliphatic heterocycles.